The Kier molecular flexibility index (Phi) is 14.9. The smallest absolute Gasteiger partial charge is 0.0461 e. The quantitative estimate of drug-likeness (QED) is 0.148. The first kappa shape index (κ1) is 43.7. The Hall–Kier alpha value is -6.96. The zero-order valence-corrected chi connectivity index (χ0v) is 37.8. The van der Waals surface area contributed by atoms with Crippen LogP contribution < -0.4 is 4.90 Å². The second kappa shape index (κ2) is 21.9. The lowest BCUT2D eigenvalue weighted by atomic mass is 9.88. The number of nitrogens with zero attached hydrogens (tertiary/aromatic N) is 1. The van der Waals surface area contributed by atoms with Crippen molar-refractivity contribution in [3.63, 3.8) is 0 Å². The predicted octanol–water partition coefficient (Wildman–Crippen LogP) is 17.6. The van der Waals surface area contributed by atoms with Crippen molar-refractivity contribution in [2.24, 2.45) is 5.92 Å². The minimum Gasteiger partial charge on any atom is -0.311 e. The Labute approximate surface area is 383 Å². The van der Waals surface area contributed by atoms with Crippen LogP contribution in [0.15, 0.2) is 247 Å². The van der Waals surface area contributed by atoms with E-state index in [1.165, 1.54) is 78.3 Å². The Bertz CT molecular complexity index is 2680. The molecule has 1 heteroatoms. The van der Waals surface area contributed by atoms with E-state index in [2.05, 4.69) is 250 Å². The number of hydrogen-bond donors (Lipinski definition) is 0. The maximum atomic E-state index is 2.41. The Balaban J connectivity index is 0.000000174. The average molecular weight is 832 g/mol. The van der Waals surface area contributed by atoms with Crippen LogP contribution >= 0.6 is 0 Å². The third kappa shape index (κ3) is 11.7. The van der Waals surface area contributed by atoms with Crippen molar-refractivity contribution in [2.45, 2.75) is 65.2 Å². The molecule has 1 nitrogen and oxygen atoms in total. The van der Waals surface area contributed by atoms with E-state index in [4.69, 9.17) is 0 Å². The molecule has 0 aliphatic heterocycles. The first-order valence-electron chi connectivity index (χ1n) is 23.2. The molecule has 2 atom stereocenters. The van der Waals surface area contributed by atoms with Gasteiger partial charge >= 0.3 is 0 Å². The fraction of sp³-hybridized carbons (Fsp3) is 0.175. The molecule has 4 aliphatic carbocycles. The molecule has 6 aromatic carbocycles. The van der Waals surface area contributed by atoms with Gasteiger partial charge in [-0.1, -0.05) is 217 Å². The van der Waals surface area contributed by atoms with Crippen molar-refractivity contribution in [3.8, 4) is 22.3 Å². The molecule has 0 spiro atoms. The van der Waals surface area contributed by atoms with E-state index in [1.807, 2.05) is 6.07 Å². The van der Waals surface area contributed by atoms with E-state index in [0.717, 1.165) is 38.5 Å². The van der Waals surface area contributed by atoms with Crippen molar-refractivity contribution in [1.29, 1.82) is 0 Å². The molecule has 0 saturated carbocycles. The number of rotatable bonds is 8. The first-order chi connectivity index (χ1) is 31.5. The van der Waals surface area contributed by atoms with Crippen molar-refractivity contribution in [2.75, 3.05) is 4.90 Å². The van der Waals surface area contributed by atoms with Crippen LogP contribution in [0.1, 0.15) is 73.6 Å². The monoisotopic (exact) mass is 831 g/mol. The summed E-state index contributed by atoms with van der Waals surface area (Å²) in [7, 11) is 0. The molecule has 64 heavy (non-hydrogen) atoms. The van der Waals surface area contributed by atoms with Gasteiger partial charge in [-0.15, -0.1) is 0 Å². The van der Waals surface area contributed by atoms with Crippen molar-refractivity contribution < 1.29 is 0 Å². The van der Waals surface area contributed by atoms with Gasteiger partial charge in [-0.05, 0) is 134 Å². The second-order valence-electron chi connectivity index (χ2n) is 17.2. The van der Waals surface area contributed by atoms with E-state index < -0.39 is 0 Å². The summed E-state index contributed by atoms with van der Waals surface area (Å²) in [5, 5.41) is 0. The summed E-state index contributed by atoms with van der Waals surface area (Å²) < 4.78 is 0. The highest BCUT2D eigenvalue weighted by Crippen LogP contribution is 2.37. The number of allylic oxidation sites excluding steroid dienone is 15. The van der Waals surface area contributed by atoms with Gasteiger partial charge in [0.1, 0.15) is 0 Å². The van der Waals surface area contributed by atoms with Crippen LogP contribution in [0.5, 0.6) is 0 Å². The largest absolute Gasteiger partial charge is 0.311 e. The molecule has 0 fully saturated rings. The summed E-state index contributed by atoms with van der Waals surface area (Å²) in [6.07, 6.45) is 34.6. The maximum Gasteiger partial charge on any atom is 0.0461 e. The predicted molar refractivity (Wildman–Crippen MR) is 277 cm³/mol. The van der Waals surface area contributed by atoms with Crippen molar-refractivity contribution in [1.82, 2.24) is 0 Å². The van der Waals surface area contributed by atoms with Gasteiger partial charge in [0.2, 0.25) is 0 Å². The molecule has 0 bridgehead atoms. The van der Waals surface area contributed by atoms with Crippen LogP contribution in [0.2, 0.25) is 0 Å². The van der Waals surface area contributed by atoms with Crippen LogP contribution in [0.25, 0.3) is 27.8 Å². The summed E-state index contributed by atoms with van der Waals surface area (Å²) >= 11 is 0. The summed E-state index contributed by atoms with van der Waals surface area (Å²) in [4.78, 5) is 2.39. The Morgan fingerprint density at radius 3 is 1.39 bits per heavy atom. The van der Waals surface area contributed by atoms with Crippen molar-refractivity contribution >= 4 is 16.9 Å². The van der Waals surface area contributed by atoms with E-state index in [1.54, 1.807) is 0 Å². The minimum atomic E-state index is 0.466. The summed E-state index contributed by atoms with van der Waals surface area (Å²) in [6, 6.07) is 56.5. The van der Waals surface area contributed by atoms with Gasteiger partial charge in [0.25, 0.3) is 0 Å². The van der Waals surface area contributed by atoms with E-state index in [-0.39, 0.29) is 0 Å². The molecular weight excluding hydrogens is 771 g/mol. The maximum absolute atomic E-state index is 2.41. The zero-order valence-electron chi connectivity index (χ0n) is 37.8. The normalized spacial score (nSPS) is 17.4. The summed E-state index contributed by atoms with van der Waals surface area (Å²) in [5.41, 5.74) is 18.1. The second-order valence-corrected chi connectivity index (χ2v) is 17.2. The molecule has 6 aromatic rings. The molecule has 318 valence electrons. The Morgan fingerprint density at radius 1 is 0.391 bits per heavy atom. The molecule has 10 rings (SSSR count). The van der Waals surface area contributed by atoms with Gasteiger partial charge < -0.3 is 4.90 Å². The lowest BCUT2D eigenvalue weighted by Gasteiger charge is -2.30. The van der Waals surface area contributed by atoms with E-state index in [9.17, 15) is 0 Å². The zero-order chi connectivity index (χ0) is 43.9. The fourth-order valence-corrected chi connectivity index (χ4v) is 8.61. The van der Waals surface area contributed by atoms with E-state index in [0.29, 0.717) is 11.8 Å². The topological polar surface area (TPSA) is 3.24 Å². The van der Waals surface area contributed by atoms with Crippen LogP contribution in [0, 0.1) is 19.8 Å². The molecular formula is C63H61N. The van der Waals surface area contributed by atoms with E-state index >= 15 is 0 Å². The first-order valence-corrected chi connectivity index (χ1v) is 23.2. The van der Waals surface area contributed by atoms with Crippen LogP contribution in [0.3, 0.4) is 0 Å². The molecule has 0 N–H and O–H groups in total. The fourth-order valence-electron chi connectivity index (χ4n) is 8.61. The minimum absolute atomic E-state index is 0.466. The number of aryl methyl sites for hydroxylation is 2. The SMILES string of the molecule is CC1=CCC(c2ccccc2)C=C1.Cc1ccc(-c2ccc(N(C3=CCC(C4=CCCC=C4)C=C3)c3ccc(C4=CCCC=C4)cc3)cc2)cc1.Cc1ccc(-c2ccccc2)cc1. The third-order valence-corrected chi connectivity index (χ3v) is 12.4. The molecule has 0 heterocycles. The van der Waals surface area contributed by atoms with Crippen LogP contribution in [-0.2, 0) is 0 Å². The standard InChI is InChI=1S/C37H35N.C13H14.C13H12/c1-28-12-14-31(15-13-28)34-20-26-37(27-21-34)38(35-22-16-32(17-23-35)29-8-4-2-5-9-29)36-24-18-33(19-25-36)30-10-6-3-7-11-30;2*1-11-7-9-13(10-8-11)12-5-3-2-4-6-12/h4,6,8-18,20-27,33H,2-3,5,7,19H2,1H3;2-9,13H,10H2,1H3;2-10H,1H3. The number of anilines is 2. The highest BCUT2D eigenvalue weighted by atomic mass is 15.1. The molecule has 4 aliphatic rings. The molecule has 0 saturated heterocycles. The molecule has 0 amide bonds. The highest BCUT2D eigenvalue weighted by molar-refractivity contribution is 5.78. The number of hydrogen-bond acceptors (Lipinski definition) is 1. The van der Waals surface area contributed by atoms with Gasteiger partial charge in [-0.2, -0.15) is 0 Å². The van der Waals surface area contributed by atoms with Gasteiger partial charge in [-0.3, -0.25) is 0 Å². The van der Waals surface area contributed by atoms with Crippen LogP contribution in [-0.4, -0.2) is 0 Å². The molecule has 2 unspecified atom stereocenters. The van der Waals surface area contributed by atoms with Gasteiger partial charge in [0.05, 0.1) is 0 Å². The summed E-state index contributed by atoms with van der Waals surface area (Å²) in [6.45, 7) is 6.39. The number of benzene rings is 6. The van der Waals surface area contributed by atoms with Crippen molar-refractivity contribution in [3.05, 3.63) is 270 Å². The average Bonchev–Trinajstić information content (AvgIpc) is 3.37. The lowest BCUT2D eigenvalue weighted by molar-refractivity contribution is 0.762. The summed E-state index contributed by atoms with van der Waals surface area (Å²) in [5.74, 6) is 1.05. The highest BCUT2D eigenvalue weighted by Gasteiger charge is 2.19. The van der Waals surface area contributed by atoms with Gasteiger partial charge in [0.15, 0.2) is 0 Å². The Morgan fingerprint density at radius 2 is 0.891 bits per heavy atom. The van der Waals surface area contributed by atoms with Gasteiger partial charge in [0, 0.05) is 28.9 Å². The lowest BCUT2D eigenvalue weighted by Crippen LogP contribution is -2.18. The van der Waals surface area contributed by atoms with Crippen LogP contribution in [0.4, 0.5) is 11.4 Å². The molecule has 0 radical (unpaired) electrons. The third-order valence-electron chi connectivity index (χ3n) is 12.4. The molecule has 0 aromatic heterocycles. The van der Waals surface area contributed by atoms with Gasteiger partial charge in [-0.25, -0.2) is 0 Å².